The van der Waals surface area contributed by atoms with Crippen molar-refractivity contribution in [1.82, 2.24) is 0 Å². The van der Waals surface area contributed by atoms with E-state index in [-0.39, 0.29) is 11.1 Å². The fraction of sp³-hybridized carbons (Fsp3) is 0.0556. The SMILES string of the molecule is Cc1cccc(NC(=O)/C(C#N)=C/c2cccc(C(=O)O)c2)c1. The Bertz CT molecular complexity index is 832. The number of hydrogen-bond acceptors (Lipinski definition) is 3. The van der Waals surface area contributed by atoms with Crippen molar-refractivity contribution in [1.29, 1.82) is 5.26 Å². The first-order chi connectivity index (χ1) is 11.0. The smallest absolute Gasteiger partial charge is 0.335 e. The van der Waals surface area contributed by atoms with Crippen molar-refractivity contribution in [2.75, 3.05) is 5.32 Å². The van der Waals surface area contributed by atoms with Gasteiger partial charge in [0.1, 0.15) is 11.6 Å². The number of amides is 1. The van der Waals surface area contributed by atoms with Gasteiger partial charge in [-0.15, -0.1) is 0 Å². The Morgan fingerprint density at radius 2 is 1.91 bits per heavy atom. The molecule has 114 valence electrons. The van der Waals surface area contributed by atoms with Crippen molar-refractivity contribution < 1.29 is 14.7 Å². The number of rotatable bonds is 4. The summed E-state index contributed by atoms with van der Waals surface area (Å²) in [6, 6.07) is 15.1. The number of carbonyl (C=O) groups is 2. The fourth-order valence-electron chi connectivity index (χ4n) is 2.00. The second-order valence-corrected chi connectivity index (χ2v) is 4.92. The highest BCUT2D eigenvalue weighted by molar-refractivity contribution is 6.09. The lowest BCUT2D eigenvalue weighted by molar-refractivity contribution is -0.112. The normalized spacial score (nSPS) is 10.7. The van der Waals surface area contributed by atoms with E-state index in [1.807, 2.05) is 19.1 Å². The van der Waals surface area contributed by atoms with Crippen molar-refractivity contribution in [2.24, 2.45) is 0 Å². The first-order valence-corrected chi connectivity index (χ1v) is 6.83. The molecule has 2 aromatic carbocycles. The van der Waals surface area contributed by atoms with E-state index in [0.29, 0.717) is 11.3 Å². The van der Waals surface area contributed by atoms with Gasteiger partial charge in [0, 0.05) is 5.69 Å². The highest BCUT2D eigenvalue weighted by atomic mass is 16.4. The molecule has 2 rings (SSSR count). The standard InChI is InChI=1S/C18H14N2O3/c1-12-4-2-7-16(8-12)20-17(21)15(11-19)10-13-5-3-6-14(9-13)18(22)23/h2-10H,1H3,(H,20,21)(H,22,23)/b15-10+. The van der Waals surface area contributed by atoms with E-state index >= 15 is 0 Å². The van der Waals surface area contributed by atoms with Crippen LogP contribution < -0.4 is 5.32 Å². The molecule has 5 heteroatoms. The largest absolute Gasteiger partial charge is 0.478 e. The Kier molecular flexibility index (Phi) is 4.90. The second-order valence-electron chi connectivity index (χ2n) is 4.92. The maximum absolute atomic E-state index is 12.2. The number of hydrogen-bond donors (Lipinski definition) is 2. The van der Waals surface area contributed by atoms with Crippen molar-refractivity contribution in [3.63, 3.8) is 0 Å². The number of carbonyl (C=O) groups excluding carboxylic acids is 1. The van der Waals surface area contributed by atoms with Crippen molar-refractivity contribution in [3.8, 4) is 6.07 Å². The number of benzene rings is 2. The lowest BCUT2D eigenvalue weighted by atomic mass is 10.1. The Labute approximate surface area is 133 Å². The Balaban J connectivity index is 2.25. The predicted molar refractivity (Wildman–Crippen MR) is 86.8 cm³/mol. The molecule has 1 amide bonds. The van der Waals surface area contributed by atoms with E-state index in [0.717, 1.165) is 5.56 Å². The minimum absolute atomic E-state index is 0.0927. The Hall–Kier alpha value is -3.39. The van der Waals surface area contributed by atoms with Crippen LogP contribution in [0.15, 0.2) is 54.1 Å². The molecule has 0 saturated heterocycles. The lowest BCUT2D eigenvalue weighted by Gasteiger charge is -2.05. The minimum atomic E-state index is -1.07. The topological polar surface area (TPSA) is 90.2 Å². The summed E-state index contributed by atoms with van der Waals surface area (Å²) >= 11 is 0. The number of aromatic carboxylic acids is 1. The number of nitrogens with zero attached hydrogens (tertiary/aromatic N) is 1. The molecule has 0 spiro atoms. The number of aryl methyl sites for hydroxylation is 1. The van der Waals surface area contributed by atoms with Gasteiger partial charge < -0.3 is 10.4 Å². The van der Waals surface area contributed by atoms with Gasteiger partial charge in [-0.25, -0.2) is 4.79 Å². The van der Waals surface area contributed by atoms with Crippen molar-refractivity contribution in [2.45, 2.75) is 6.92 Å². The van der Waals surface area contributed by atoms with Crippen LogP contribution in [0.25, 0.3) is 6.08 Å². The van der Waals surface area contributed by atoms with Gasteiger partial charge in [-0.3, -0.25) is 4.79 Å². The molecular weight excluding hydrogens is 292 g/mol. The Morgan fingerprint density at radius 1 is 1.17 bits per heavy atom. The third kappa shape index (κ3) is 4.29. The molecule has 0 fully saturated rings. The summed E-state index contributed by atoms with van der Waals surface area (Å²) in [5.41, 5.74) is 2.04. The fourth-order valence-corrected chi connectivity index (χ4v) is 2.00. The minimum Gasteiger partial charge on any atom is -0.478 e. The molecule has 0 atom stereocenters. The van der Waals surface area contributed by atoms with Crippen LogP contribution in [0.5, 0.6) is 0 Å². The van der Waals surface area contributed by atoms with E-state index in [1.165, 1.54) is 18.2 Å². The summed E-state index contributed by atoms with van der Waals surface area (Å²) in [6.45, 7) is 1.90. The van der Waals surface area contributed by atoms with E-state index in [9.17, 15) is 14.9 Å². The van der Waals surface area contributed by atoms with E-state index in [1.54, 1.807) is 30.3 Å². The zero-order valence-corrected chi connectivity index (χ0v) is 12.4. The van der Waals surface area contributed by atoms with Crippen molar-refractivity contribution in [3.05, 3.63) is 70.8 Å². The van der Waals surface area contributed by atoms with Crippen LogP contribution in [-0.2, 0) is 4.79 Å². The summed E-state index contributed by atoms with van der Waals surface area (Å²) in [7, 11) is 0. The van der Waals surface area contributed by atoms with Crippen LogP contribution in [-0.4, -0.2) is 17.0 Å². The van der Waals surface area contributed by atoms with Gasteiger partial charge in [-0.2, -0.15) is 5.26 Å². The third-order valence-corrected chi connectivity index (χ3v) is 3.09. The Morgan fingerprint density at radius 3 is 2.57 bits per heavy atom. The third-order valence-electron chi connectivity index (χ3n) is 3.09. The van der Waals surface area contributed by atoms with Crippen LogP contribution in [0.1, 0.15) is 21.5 Å². The first kappa shape index (κ1) is 16.0. The summed E-state index contributed by atoms with van der Waals surface area (Å²) in [4.78, 5) is 23.1. The predicted octanol–water partition coefficient (Wildman–Crippen LogP) is 3.24. The highest BCUT2D eigenvalue weighted by Gasteiger charge is 2.10. The molecule has 0 aliphatic carbocycles. The van der Waals surface area contributed by atoms with Gasteiger partial charge in [-0.05, 0) is 48.4 Å². The van der Waals surface area contributed by atoms with Crippen molar-refractivity contribution >= 4 is 23.6 Å². The van der Waals surface area contributed by atoms with Gasteiger partial charge in [-0.1, -0.05) is 24.3 Å². The lowest BCUT2D eigenvalue weighted by Crippen LogP contribution is -2.13. The molecule has 0 aliphatic rings. The molecule has 0 unspecified atom stereocenters. The molecule has 0 aromatic heterocycles. The summed E-state index contributed by atoms with van der Waals surface area (Å²) in [5, 5.41) is 20.8. The number of carboxylic acids is 1. The average Bonchev–Trinajstić information content (AvgIpc) is 2.52. The molecule has 23 heavy (non-hydrogen) atoms. The highest BCUT2D eigenvalue weighted by Crippen LogP contribution is 2.14. The molecule has 0 heterocycles. The van der Waals surface area contributed by atoms with Crippen LogP contribution in [0.2, 0.25) is 0 Å². The molecule has 5 nitrogen and oxygen atoms in total. The first-order valence-electron chi connectivity index (χ1n) is 6.83. The molecule has 2 N–H and O–H groups in total. The van der Waals surface area contributed by atoms with Gasteiger partial charge in [0.15, 0.2) is 0 Å². The van der Waals surface area contributed by atoms with Gasteiger partial charge >= 0.3 is 5.97 Å². The zero-order chi connectivity index (χ0) is 16.8. The monoisotopic (exact) mass is 306 g/mol. The molecular formula is C18H14N2O3. The number of carboxylic acid groups (broad SMARTS) is 1. The number of anilines is 1. The summed E-state index contributed by atoms with van der Waals surface area (Å²) < 4.78 is 0. The van der Waals surface area contributed by atoms with Gasteiger partial charge in [0.25, 0.3) is 5.91 Å². The molecule has 0 aliphatic heterocycles. The zero-order valence-electron chi connectivity index (χ0n) is 12.4. The maximum atomic E-state index is 12.2. The van der Waals surface area contributed by atoms with Crippen LogP contribution in [0, 0.1) is 18.3 Å². The number of nitriles is 1. The molecule has 0 saturated carbocycles. The summed E-state index contributed by atoms with van der Waals surface area (Å²) in [6.07, 6.45) is 1.36. The van der Waals surface area contributed by atoms with Gasteiger partial charge in [0.2, 0.25) is 0 Å². The number of nitrogens with one attached hydrogen (secondary N) is 1. The van der Waals surface area contributed by atoms with Crippen LogP contribution in [0.3, 0.4) is 0 Å². The quantitative estimate of drug-likeness (QED) is 0.670. The molecule has 0 bridgehead atoms. The average molecular weight is 306 g/mol. The second kappa shape index (κ2) is 7.05. The van der Waals surface area contributed by atoms with Crippen LogP contribution >= 0.6 is 0 Å². The molecule has 2 aromatic rings. The van der Waals surface area contributed by atoms with Gasteiger partial charge in [0.05, 0.1) is 5.56 Å². The maximum Gasteiger partial charge on any atom is 0.335 e. The molecule has 0 radical (unpaired) electrons. The van der Waals surface area contributed by atoms with E-state index < -0.39 is 11.9 Å². The van der Waals surface area contributed by atoms with E-state index in [4.69, 9.17) is 5.11 Å². The van der Waals surface area contributed by atoms with E-state index in [2.05, 4.69) is 5.32 Å². The summed E-state index contributed by atoms with van der Waals surface area (Å²) in [5.74, 6) is -1.61. The van der Waals surface area contributed by atoms with Crippen LogP contribution in [0.4, 0.5) is 5.69 Å².